The molecule has 0 aliphatic carbocycles. The van der Waals surface area contributed by atoms with E-state index in [1.165, 1.54) is 17.4 Å². The van der Waals surface area contributed by atoms with Crippen molar-refractivity contribution >= 4 is 28.1 Å². The maximum absolute atomic E-state index is 12.8. The molecule has 5 nitrogen and oxygen atoms in total. The molecule has 2 aromatic heterocycles. The monoisotopic (exact) mass is 313 g/mol. The predicted octanol–water partition coefficient (Wildman–Crippen LogP) is 2.82. The van der Waals surface area contributed by atoms with Gasteiger partial charge in [-0.05, 0) is 13.0 Å². The molecule has 6 heteroatoms. The Morgan fingerprint density at radius 1 is 1.36 bits per heavy atom. The average molecular weight is 313 g/mol. The Balaban J connectivity index is 2.03. The van der Waals surface area contributed by atoms with Crippen LogP contribution in [0.15, 0.2) is 46.8 Å². The number of benzene rings is 1. The molecule has 3 rings (SSSR count). The second-order valence-electron chi connectivity index (χ2n) is 5.09. The van der Waals surface area contributed by atoms with Gasteiger partial charge in [-0.1, -0.05) is 18.2 Å². The summed E-state index contributed by atoms with van der Waals surface area (Å²) < 4.78 is 0. The third-order valence-electron chi connectivity index (χ3n) is 3.75. The lowest BCUT2D eigenvalue weighted by Gasteiger charge is -2.24. The number of para-hydroxylation sites is 1. The molecule has 112 valence electrons. The highest BCUT2D eigenvalue weighted by Crippen LogP contribution is 2.25. The summed E-state index contributed by atoms with van der Waals surface area (Å²) in [6.07, 6.45) is 1.76. The molecule has 0 spiro atoms. The Morgan fingerprint density at radius 3 is 2.86 bits per heavy atom. The molecule has 1 aromatic carbocycles. The lowest BCUT2D eigenvalue weighted by atomic mass is 10.1. The number of hydrogen-bond donors (Lipinski definition) is 1. The molecule has 0 aliphatic rings. The second kappa shape index (κ2) is 5.73. The van der Waals surface area contributed by atoms with Gasteiger partial charge in [-0.2, -0.15) is 0 Å². The van der Waals surface area contributed by atoms with Crippen molar-refractivity contribution in [1.82, 2.24) is 14.9 Å². The molecule has 1 atom stereocenters. The third-order valence-corrected chi connectivity index (χ3v) is 4.69. The maximum Gasteiger partial charge on any atom is 0.255 e. The zero-order chi connectivity index (χ0) is 15.7. The number of fused-ring (bicyclic) bond motifs is 1. The first kappa shape index (κ1) is 14.5. The van der Waals surface area contributed by atoms with E-state index in [9.17, 15) is 9.59 Å². The Labute approximate surface area is 131 Å². The number of amides is 1. The number of nitrogens with zero attached hydrogens (tertiary/aromatic N) is 2. The van der Waals surface area contributed by atoms with E-state index in [4.69, 9.17) is 0 Å². The number of H-pyrrole nitrogens is 1. The van der Waals surface area contributed by atoms with Gasteiger partial charge in [0, 0.05) is 35.1 Å². The predicted molar refractivity (Wildman–Crippen MR) is 87.2 cm³/mol. The minimum Gasteiger partial charge on any atom is -0.334 e. The number of aromatic amines is 1. The summed E-state index contributed by atoms with van der Waals surface area (Å²) in [6.45, 7) is 1.95. The minimum atomic E-state index is -0.277. The van der Waals surface area contributed by atoms with Gasteiger partial charge in [0.15, 0.2) is 0 Å². The van der Waals surface area contributed by atoms with Gasteiger partial charge in [-0.3, -0.25) is 14.6 Å². The first-order valence-corrected chi connectivity index (χ1v) is 7.73. The molecule has 0 aliphatic heterocycles. The van der Waals surface area contributed by atoms with E-state index in [1.54, 1.807) is 29.7 Å². The van der Waals surface area contributed by atoms with Gasteiger partial charge in [0.2, 0.25) is 5.56 Å². The van der Waals surface area contributed by atoms with Crippen molar-refractivity contribution < 1.29 is 4.79 Å². The fourth-order valence-electron chi connectivity index (χ4n) is 2.37. The van der Waals surface area contributed by atoms with Gasteiger partial charge in [0.05, 0.1) is 17.1 Å². The van der Waals surface area contributed by atoms with Gasteiger partial charge < -0.3 is 9.88 Å². The van der Waals surface area contributed by atoms with Crippen LogP contribution in [0.25, 0.3) is 10.9 Å². The van der Waals surface area contributed by atoms with E-state index >= 15 is 0 Å². The highest BCUT2D eigenvalue weighted by molar-refractivity contribution is 7.09. The Hall–Kier alpha value is -2.47. The van der Waals surface area contributed by atoms with Crippen LogP contribution in [-0.4, -0.2) is 27.8 Å². The maximum atomic E-state index is 12.8. The van der Waals surface area contributed by atoms with Crippen molar-refractivity contribution in [3.63, 3.8) is 0 Å². The van der Waals surface area contributed by atoms with Gasteiger partial charge in [-0.15, -0.1) is 11.3 Å². The molecule has 0 bridgehead atoms. The fourth-order valence-corrected chi connectivity index (χ4v) is 3.09. The highest BCUT2D eigenvalue weighted by atomic mass is 32.1. The molecule has 0 saturated carbocycles. The lowest BCUT2D eigenvalue weighted by molar-refractivity contribution is 0.0746. The summed E-state index contributed by atoms with van der Waals surface area (Å²) >= 11 is 1.51. The molecule has 3 aromatic rings. The number of rotatable bonds is 3. The largest absolute Gasteiger partial charge is 0.334 e. The van der Waals surface area contributed by atoms with E-state index in [-0.39, 0.29) is 17.5 Å². The van der Waals surface area contributed by atoms with Crippen molar-refractivity contribution in [1.29, 1.82) is 0 Å². The van der Waals surface area contributed by atoms with Crippen LogP contribution in [-0.2, 0) is 0 Å². The number of nitrogens with one attached hydrogen (secondary N) is 1. The van der Waals surface area contributed by atoms with E-state index in [2.05, 4.69) is 9.97 Å². The van der Waals surface area contributed by atoms with E-state index in [0.717, 1.165) is 10.3 Å². The number of carbonyl (C=O) groups excluding carboxylic acids is 1. The summed E-state index contributed by atoms with van der Waals surface area (Å²) in [5.74, 6) is -0.178. The Kier molecular flexibility index (Phi) is 3.77. The van der Waals surface area contributed by atoms with Crippen LogP contribution >= 0.6 is 11.3 Å². The van der Waals surface area contributed by atoms with E-state index < -0.39 is 0 Å². The minimum absolute atomic E-state index is 0.0990. The molecule has 22 heavy (non-hydrogen) atoms. The van der Waals surface area contributed by atoms with Crippen LogP contribution in [0.5, 0.6) is 0 Å². The third kappa shape index (κ3) is 2.53. The first-order chi connectivity index (χ1) is 10.6. The van der Waals surface area contributed by atoms with Crippen molar-refractivity contribution in [2.45, 2.75) is 13.0 Å². The van der Waals surface area contributed by atoms with Crippen LogP contribution in [0, 0.1) is 0 Å². The SMILES string of the molecule is C[C@H](c1cncs1)N(C)C(=O)c1cc(=O)[nH]c2ccccc12. The number of carbonyl (C=O) groups is 1. The van der Waals surface area contributed by atoms with Crippen molar-refractivity contribution in [2.24, 2.45) is 0 Å². The van der Waals surface area contributed by atoms with Crippen LogP contribution in [0.1, 0.15) is 28.2 Å². The van der Waals surface area contributed by atoms with Gasteiger partial charge in [0.25, 0.3) is 5.91 Å². The zero-order valence-corrected chi connectivity index (χ0v) is 13.1. The van der Waals surface area contributed by atoms with E-state index in [1.807, 2.05) is 25.1 Å². The summed E-state index contributed by atoms with van der Waals surface area (Å²) in [7, 11) is 1.74. The van der Waals surface area contributed by atoms with Crippen LogP contribution in [0.4, 0.5) is 0 Å². The normalized spacial score (nSPS) is 12.3. The summed E-state index contributed by atoms with van der Waals surface area (Å²) in [5, 5.41) is 0.746. The number of thiazole rings is 1. The van der Waals surface area contributed by atoms with E-state index in [0.29, 0.717) is 11.1 Å². The van der Waals surface area contributed by atoms with Crippen LogP contribution < -0.4 is 5.56 Å². The van der Waals surface area contributed by atoms with Crippen LogP contribution in [0.2, 0.25) is 0 Å². The summed E-state index contributed by atoms with van der Waals surface area (Å²) in [5.41, 5.74) is 2.54. The number of aromatic nitrogens is 2. The Bertz CT molecular complexity index is 870. The first-order valence-electron chi connectivity index (χ1n) is 6.85. The van der Waals surface area contributed by atoms with Gasteiger partial charge in [0.1, 0.15) is 0 Å². The van der Waals surface area contributed by atoms with Gasteiger partial charge >= 0.3 is 0 Å². The summed E-state index contributed by atoms with van der Waals surface area (Å²) in [6, 6.07) is 8.57. The van der Waals surface area contributed by atoms with Crippen molar-refractivity contribution in [3.05, 3.63) is 62.8 Å². The zero-order valence-electron chi connectivity index (χ0n) is 12.2. The molecular formula is C16H15N3O2S. The van der Waals surface area contributed by atoms with Crippen LogP contribution in [0.3, 0.4) is 0 Å². The molecule has 0 fully saturated rings. The topological polar surface area (TPSA) is 66.1 Å². The second-order valence-corrected chi connectivity index (χ2v) is 6.01. The highest BCUT2D eigenvalue weighted by Gasteiger charge is 2.22. The summed E-state index contributed by atoms with van der Waals surface area (Å²) in [4.78, 5) is 34.0. The molecule has 1 N–H and O–H groups in total. The molecule has 1 amide bonds. The molecule has 2 heterocycles. The molecule has 0 radical (unpaired) electrons. The molecular weight excluding hydrogens is 298 g/mol. The Morgan fingerprint density at radius 2 is 2.14 bits per heavy atom. The fraction of sp³-hybridized carbons (Fsp3) is 0.188. The van der Waals surface area contributed by atoms with Gasteiger partial charge in [-0.25, -0.2) is 0 Å². The quantitative estimate of drug-likeness (QED) is 0.808. The lowest BCUT2D eigenvalue weighted by Crippen LogP contribution is -2.30. The smallest absolute Gasteiger partial charge is 0.255 e. The molecule has 0 unspecified atom stereocenters. The number of hydrogen-bond acceptors (Lipinski definition) is 4. The van der Waals surface area contributed by atoms with Crippen molar-refractivity contribution in [3.8, 4) is 0 Å². The van der Waals surface area contributed by atoms with Crippen molar-refractivity contribution in [2.75, 3.05) is 7.05 Å². The average Bonchev–Trinajstić information content (AvgIpc) is 3.06. The number of pyridine rings is 1. The molecule has 0 saturated heterocycles. The standard InChI is InChI=1S/C16H15N3O2S/c1-10(14-8-17-9-22-14)19(2)16(21)12-7-15(20)18-13-6-4-3-5-11(12)13/h3-10H,1-2H3,(H,18,20)/t10-/m1/s1.